The van der Waals surface area contributed by atoms with E-state index in [1.165, 1.54) is 0 Å². The smallest absolute Gasteiger partial charge is 0.204 e. The number of halogens is 1. The standard InChI is InChI=1S/C7H4BrNO/c8-4-3-6-1-2-7(5-9)10-6/h1-4H/b4-3+. The minimum absolute atomic E-state index is 0.334. The first-order chi connectivity index (χ1) is 4.86. The van der Waals surface area contributed by atoms with E-state index in [1.54, 1.807) is 23.2 Å². The molecule has 1 heterocycles. The summed E-state index contributed by atoms with van der Waals surface area (Å²) >= 11 is 3.09. The number of furan rings is 1. The Kier molecular flexibility index (Phi) is 2.30. The molecule has 0 bridgehead atoms. The molecular formula is C7H4BrNO. The van der Waals surface area contributed by atoms with Crippen LogP contribution in [0, 0.1) is 11.3 Å². The molecule has 10 heavy (non-hydrogen) atoms. The Morgan fingerprint density at radius 2 is 2.40 bits per heavy atom. The number of hydrogen-bond acceptors (Lipinski definition) is 2. The molecule has 0 atom stereocenters. The van der Waals surface area contributed by atoms with Crippen LogP contribution in [-0.4, -0.2) is 0 Å². The van der Waals surface area contributed by atoms with E-state index in [9.17, 15) is 0 Å². The van der Waals surface area contributed by atoms with Gasteiger partial charge in [-0.25, -0.2) is 0 Å². The maximum atomic E-state index is 8.34. The van der Waals surface area contributed by atoms with Crippen LogP contribution in [0.2, 0.25) is 0 Å². The Bertz CT molecular complexity index is 282. The first kappa shape index (κ1) is 7.10. The zero-order chi connectivity index (χ0) is 7.40. The predicted molar refractivity (Wildman–Crippen MR) is 41.4 cm³/mol. The molecule has 0 aliphatic carbocycles. The zero-order valence-corrected chi connectivity index (χ0v) is 6.63. The molecule has 0 aromatic carbocycles. The first-order valence-corrected chi connectivity index (χ1v) is 3.55. The second-order valence-corrected chi connectivity index (χ2v) is 2.14. The summed E-state index contributed by atoms with van der Waals surface area (Å²) in [6, 6.07) is 5.25. The molecule has 50 valence electrons. The van der Waals surface area contributed by atoms with E-state index in [2.05, 4.69) is 15.9 Å². The Morgan fingerprint density at radius 1 is 1.60 bits per heavy atom. The molecule has 3 heteroatoms. The summed E-state index contributed by atoms with van der Waals surface area (Å²) in [6.07, 6.45) is 1.72. The Labute approximate surface area is 66.9 Å². The van der Waals surface area contributed by atoms with Gasteiger partial charge >= 0.3 is 0 Å². The van der Waals surface area contributed by atoms with Gasteiger partial charge in [-0.2, -0.15) is 5.26 Å². The Hall–Kier alpha value is -1.01. The van der Waals surface area contributed by atoms with Crippen molar-refractivity contribution < 1.29 is 4.42 Å². The lowest BCUT2D eigenvalue weighted by Gasteiger charge is -1.78. The third kappa shape index (κ3) is 1.49. The molecule has 0 radical (unpaired) electrons. The normalized spacial score (nSPS) is 10.0. The SMILES string of the molecule is N#Cc1ccc(/C=C/Br)o1. The Balaban J connectivity index is 2.91. The van der Waals surface area contributed by atoms with Gasteiger partial charge in [0.2, 0.25) is 5.76 Å². The number of rotatable bonds is 1. The topological polar surface area (TPSA) is 36.9 Å². The van der Waals surface area contributed by atoms with Crippen LogP contribution in [-0.2, 0) is 0 Å². The molecule has 0 amide bonds. The number of hydrogen-bond donors (Lipinski definition) is 0. The van der Waals surface area contributed by atoms with E-state index in [4.69, 9.17) is 9.68 Å². The van der Waals surface area contributed by atoms with Gasteiger partial charge in [-0.3, -0.25) is 0 Å². The van der Waals surface area contributed by atoms with Crippen molar-refractivity contribution in [2.24, 2.45) is 0 Å². The monoisotopic (exact) mass is 197 g/mol. The molecular weight excluding hydrogens is 194 g/mol. The summed E-state index contributed by atoms with van der Waals surface area (Å²) in [5, 5.41) is 8.34. The third-order valence-corrected chi connectivity index (χ3v) is 1.23. The molecule has 1 aromatic heterocycles. The van der Waals surface area contributed by atoms with Gasteiger partial charge in [-0.15, -0.1) is 0 Å². The lowest BCUT2D eigenvalue weighted by molar-refractivity contribution is 0.543. The van der Waals surface area contributed by atoms with Gasteiger partial charge in [-0.1, -0.05) is 15.9 Å². The van der Waals surface area contributed by atoms with E-state index >= 15 is 0 Å². The highest BCUT2D eigenvalue weighted by atomic mass is 79.9. The van der Waals surface area contributed by atoms with Crippen LogP contribution in [0.15, 0.2) is 21.5 Å². The highest BCUT2D eigenvalue weighted by Gasteiger charge is 1.94. The maximum absolute atomic E-state index is 8.34. The maximum Gasteiger partial charge on any atom is 0.204 e. The van der Waals surface area contributed by atoms with Gasteiger partial charge in [0.1, 0.15) is 11.8 Å². The zero-order valence-electron chi connectivity index (χ0n) is 5.04. The second-order valence-electron chi connectivity index (χ2n) is 1.61. The van der Waals surface area contributed by atoms with Crippen molar-refractivity contribution in [1.29, 1.82) is 5.26 Å². The summed E-state index contributed by atoms with van der Waals surface area (Å²) in [5.74, 6) is 1.01. The van der Waals surface area contributed by atoms with E-state index in [0.29, 0.717) is 11.5 Å². The van der Waals surface area contributed by atoms with E-state index in [0.717, 1.165) is 0 Å². The number of nitriles is 1. The van der Waals surface area contributed by atoms with E-state index in [-0.39, 0.29) is 0 Å². The van der Waals surface area contributed by atoms with Gasteiger partial charge in [0.25, 0.3) is 0 Å². The van der Waals surface area contributed by atoms with Crippen molar-refractivity contribution in [3.63, 3.8) is 0 Å². The van der Waals surface area contributed by atoms with Gasteiger partial charge in [-0.05, 0) is 23.2 Å². The van der Waals surface area contributed by atoms with Crippen molar-refractivity contribution in [3.8, 4) is 6.07 Å². The van der Waals surface area contributed by atoms with Crippen molar-refractivity contribution >= 4 is 22.0 Å². The molecule has 0 unspecified atom stereocenters. The van der Waals surface area contributed by atoms with Crippen molar-refractivity contribution in [3.05, 3.63) is 28.6 Å². The number of nitrogens with zero attached hydrogens (tertiary/aromatic N) is 1. The summed E-state index contributed by atoms with van der Waals surface area (Å²) in [6.45, 7) is 0. The molecule has 0 aliphatic rings. The molecule has 0 aliphatic heterocycles. The van der Waals surface area contributed by atoms with Crippen molar-refractivity contribution in [2.75, 3.05) is 0 Å². The van der Waals surface area contributed by atoms with E-state index in [1.807, 2.05) is 6.07 Å². The fraction of sp³-hybridized carbons (Fsp3) is 0. The van der Waals surface area contributed by atoms with Crippen LogP contribution in [0.25, 0.3) is 6.08 Å². The van der Waals surface area contributed by atoms with E-state index < -0.39 is 0 Å². The fourth-order valence-electron chi connectivity index (χ4n) is 0.565. The second kappa shape index (κ2) is 3.23. The summed E-state index contributed by atoms with van der Waals surface area (Å²) in [4.78, 5) is 1.67. The van der Waals surface area contributed by atoms with Crippen LogP contribution < -0.4 is 0 Å². The van der Waals surface area contributed by atoms with Crippen LogP contribution in [0.4, 0.5) is 0 Å². The van der Waals surface area contributed by atoms with Crippen LogP contribution in [0.1, 0.15) is 11.5 Å². The summed E-state index contributed by atoms with van der Waals surface area (Å²) in [5.41, 5.74) is 0. The average molecular weight is 198 g/mol. The lowest BCUT2D eigenvalue weighted by Crippen LogP contribution is -1.59. The summed E-state index contributed by atoms with van der Waals surface area (Å²) in [7, 11) is 0. The average Bonchev–Trinajstić information content (AvgIpc) is 2.37. The highest BCUT2D eigenvalue weighted by molar-refractivity contribution is 9.11. The first-order valence-electron chi connectivity index (χ1n) is 2.63. The summed E-state index contributed by atoms with van der Waals surface area (Å²) < 4.78 is 5.00. The minimum Gasteiger partial charge on any atom is -0.446 e. The molecule has 0 fully saturated rings. The Morgan fingerprint density at radius 3 is 2.90 bits per heavy atom. The molecule has 0 saturated carbocycles. The van der Waals surface area contributed by atoms with Crippen LogP contribution >= 0.6 is 15.9 Å². The lowest BCUT2D eigenvalue weighted by atomic mass is 10.4. The highest BCUT2D eigenvalue weighted by Crippen LogP contribution is 2.08. The van der Waals surface area contributed by atoms with Gasteiger partial charge in [0.15, 0.2) is 0 Å². The largest absolute Gasteiger partial charge is 0.446 e. The van der Waals surface area contributed by atoms with Crippen molar-refractivity contribution in [1.82, 2.24) is 0 Å². The van der Waals surface area contributed by atoms with Gasteiger partial charge in [0.05, 0.1) is 0 Å². The van der Waals surface area contributed by atoms with Crippen LogP contribution in [0.5, 0.6) is 0 Å². The minimum atomic E-state index is 0.334. The molecule has 1 aromatic rings. The molecule has 1 rings (SSSR count). The third-order valence-electron chi connectivity index (χ3n) is 0.964. The molecule has 2 nitrogen and oxygen atoms in total. The quantitative estimate of drug-likeness (QED) is 0.694. The molecule has 0 N–H and O–H groups in total. The fourth-order valence-corrected chi connectivity index (χ4v) is 0.825. The predicted octanol–water partition coefficient (Wildman–Crippen LogP) is 2.52. The molecule has 0 spiro atoms. The van der Waals surface area contributed by atoms with Crippen molar-refractivity contribution in [2.45, 2.75) is 0 Å². The van der Waals surface area contributed by atoms with Crippen LogP contribution in [0.3, 0.4) is 0 Å². The molecule has 0 saturated heterocycles. The van der Waals surface area contributed by atoms with Gasteiger partial charge < -0.3 is 4.42 Å². The van der Waals surface area contributed by atoms with Gasteiger partial charge in [0, 0.05) is 0 Å².